The Bertz CT molecular complexity index is 607. The van der Waals surface area contributed by atoms with Gasteiger partial charge in [-0.2, -0.15) is 0 Å². The molecule has 0 aliphatic heterocycles. The fourth-order valence-corrected chi connectivity index (χ4v) is 3.01. The molecule has 4 nitrogen and oxygen atoms in total. The van der Waals surface area contributed by atoms with Gasteiger partial charge in [-0.05, 0) is 30.5 Å². The van der Waals surface area contributed by atoms with Crippen LogP contribution in [0.2, 0.25) is 10.0 Å². The Hall–Kier alpha value is -1.52. The Balaban J connectivity index is 2.10. The molecule has 0 aromatic heterocycles. The third-order valence-electron chi connectivity index (χ3n) is 3.87. The van der Waals surface area contributed by atoms with Gasteiger partial charge in [-0.3, -0.25) is 4.79 Å². The van der Waals surface area contributed by atoms with Crippen molar-refractivity contribution in [2.24, 2.45) is 0 Å². The summed E-state index contributed by atoms with van der Waals surface area (Å²) >= 11 is 11.9. The third-order valence-corrected chi connectivity index (χ3v) is 4.71. The molecule has 0 atom stereocenters. The van der Waals surface area contributed by atoms with E-state index in [0.717, 1.165) is 19.3 Å². The minimum atomic E-state index is -1.15. The normalized spacial score (nSPS) is 17.4. The second-order valence-corrected chi connectivity index (χ2v) is 6.20. The predicted molar refractivity (Wildman–Crippen MR) is 87.1 cm³/mol. The highest BCUT2D eigenvalue weighted by Crippen LogP contribution is 2.29. The Morgan fingerprint density at radius 2 is 1.86 bits per heavy atom. The lowest BCUT2D eigenvalue weighted by Gasteiger charge is -2.33. The lowest BCUT2D eigenvalue weighted by molar-refractivity contribution is -0.148. The number of hydrogen-bond acceptors (Lipinski definition) is 2. The molecular weight excluding hydrogens is 325 g/mol. The molecule has 1 fully saturated rings. The molecular formula is C16H17Cl2NO3. The number of carbonyl (C=O) groups excluding carboxylic acids is 1. The molecule has 0 unspecified atom stereocenters. The van der Waals surface area contributed by atoms with Gasteiger partial charge in [-0.15, -0.1) is 0 Å². The summed E-state index contributed by atoms with van der Waals surface area (Å²) in [6, 6.07) is 5.11. The smallest absolute Gasteiger partial charge is 0.329 e. The molecule has 0 radical (unpaired) electrons. The van der Waals surface area contributed by atoms with Gasteiger partial charge in [-0.25, -0.2) is 4.79 Å². The second-order valence-electron chi connectivity index (χ2n) is 5.41. The van der Waals surface area contributed by atoms with E-state index in [9.17, 15) is 14.7 Å². The van der Waals surface area contributed by atoms with Crippen molar-refractivity contribution in [3.05, 3.63) is 39.9 Å². The van der Waals surface area contributed by atoms with Gasteiger partial charge in [0.1, 0.15) is 5.54 Å². The number of halogens is 2. The minimum absolute atomic E-state index is 0.360. The van der Waals surface area contributed by atoms with Gasteiger partial charge in [0.05, 0.1) is 10.0 Å². The molecule has 1 aliphatic rings. The van der Waals surface area contributed by atoms with Gasteiger partial charge in [0.15, 0.2) is 0 Å². The van der Waals surface area contributed by atoms with Crippen LogP contribution in [0.1, 0.15) is 37.7 Å². The van der Waals surface area contributed by atoms with Crippen molar-refractivity contribution in [1.82, 2.24) is 5.32 Å². The van der Waals surface area contributed by atoms with E-state index in [-0.39, 0.29) is 0 Å². The number of nitrogens with one attached hydrogen (secondary N) is 1. The Morgan fingerprint density at radius 1 is 1.18 bits per heavy atom. The first-order valence-corrected chi connectivity index (χ1v) is 7.88. The number of carboxylic acid groups (broad SMARTS) is 1. The van der Waals surface area contributed by atoms with Crippen LogP contribution < -0.4 is 5.32 Å². The zero-order valence-electron chi connectivity index (χ0n) is 11.9. The highest BCUT2D eigenvalue weighted by molar-refractivity contribution is 6.42. The standard InChI is InChI=1S/C16H17Cl2NO3/c17-12-6-4-5-11(14(12)18)7-8-13(20)19-16(15(21)22)9-2-1-3-10-16/h4-8H,1-3,9-10H2,(H,19,20)(H,21,22). The van der Waals surface area contributed by atoms with E-state index in [0.29, 0.717) is 28.5 Å². The molecule has 1 saturated carbocycles. The summed E-state index contributed by atoms with van der Waals surface area (Å²) in [5.74, 6) is -1.42. The summed E-state index contributed by atoms with van der Waals surface area (Å²) in [5.41, 5.74) is -0.546. The zero-order chi connectivity index (χ0) is 16.2. The number of hydrogen-bond donors (Lipinski definition) is 2. The molecule has 1 amide bonds. The summed E-state index contributed by atoms with van der Waals surface area (Å²) in [6.45, 7) is 0. The van der Waals surface area contributed by atoms with E-state index in [1.54, 1.807) is 18.2 Å². The zero-order valence-corrected chi connectivity index (χ0v) is 13.5. The van der Waals surface area contributed by atoms with Crippen LogP contribution in [0.25, 0.3) is 6.08 Å². The molecule has 0 spiro atoms. The van der Waals surface area contributed by atoms with Crippen molar-refractivity contribution in [3.63, 3.8) is 0 Å². The topological polar surface area (TPSA) is 66.4 Å². The van der Waals surface area contributed by atoms with Crippen molar-refractivity contribution < 1.29 is 14.7 Å². The van der Waals surface area contributed by atoms with E-state index in [2.05, 4.69) is 5.32 Å². The molecule has 22 heavy (non-hydrogen) atoms. The van der Waals surface area contributed by atoms with Gasteiger partial charge < -0.3 is 10.4 Å². The molecule has 2 rings (SSSR count). The minimum Gasteiger partial charge on any atom is -0.480 e. The van der Waals surface area contributed by atoms with E-state index < -0.39 is 17.4 Å². The van der Waals surface area contributed by atoms with Gasteiger partial charge in [0.25, 0.3) is 0 Å². The summed E-state index contributed by atoms with van der Waals surface area (Å²) in [6.07, 6.45) is 6.34. The number of benzene rings is 1. The first-order valence-electron chi connectivity index (χ1n) is 7.12. The highest BCUT2D eigenvalue weighted by Gasteiger charge is 2.40. The maximum absolute atomic E-state index is 12.1. The maximum Gasteiger partial charge on any atom is 0.329 e. The first-order chi connectivity index (χ1) is 10.4. The van der Waals surface area contributed by atoms with Crippen molar-refractivity contribution >= 4 is 41.2 Å². The summed E-state index contributed by atoms with van der Waals surface area (Å²) in [7, 11) is 0. The monoisotopic (exact) mass is 341 g/mol. The number of aliphatic carboxylic acids is 1. The number of amides is 1. The van der Waals surface area contributed by atoms with E-state index in [4.69, 9.17) is 23.2 Å². The molecule has 1 aromatic rings. The van der Waals surface area contributed by atoms with Crippen LogP contribution in [0.5, 0.6) is 0 Å². The van der Waals surface area contributed by atoms with Crippen molar-refractivity contribution in [3.8, 4) is 0 Å². The van der Waals surface area contributed by atoms with E-state index in [1.807, 2.05) is 0 Å². The fraction of sp³-hybridized carbons (Fsp3) is 0.375. The van der Waals surface area contributed by atoms with Crippen LogP contribution in [-0.4, -0.2) is 22.5 Å². The van der Waals surface area contributed by atoms with E-state index >= 15 is 0 Å². The first kappa shape index (κ1) is 16.8. The van der Waals surface area contributed by atoms with Crippen LogP contribution in [0, 0.1) is 0 Å². The predicted octanol–water partition coefficient (Wildman–Crippen LogP) is 3.91. The van der Waals surface area contributed by atoms with Gasteiger partial charge in [-0.1, -0.05) is 54.6 Å². The van der Waals surface area contributed by atoms with Crippen LogP contribution >= 0.6 is 23.2 Å². The molecule has 2 N–H and O–H groups in total. The lowest BCUT2D eigenvalue weighted by Crippen LogP contribution is -2.55. The summed E-state index contributed by atoms with van der Waals surface area (Å²) in [5, 5.41) is 12.8. The lowest BCUT2D eigenvalue weighted by atomic mass is 9.81. The quantitative estimate of drug-likeness (QED) is 0.816. The molecule has 0 saturated heterocycles. The largest absolute Gasteiger partial charge is 0.480 e. The number of carbonyl (C=O) groups is 2. The maximum atomic E-state index is 12.1. The van der Waals surface area contributed by atoms with Gasteiger partial charge in [0, 0.05) is 6.08 Å². The Kier molecular flexibility index (Phi) is 5.48. The molecule has 6 heteroatoms. The molecule has 1 aromatic carbocycles. The number of rotatable bonds is 4. The average Bonchev–Trinajstić information content (AvgIpc) is 2.49. The molecule has 1 aliphatic carbocycles. The molecule has 118 valence electrons. The average molecular weight is 342 g/mol. The van der Waals surface area contributed by atoms with Crippen LogP contribution in [0.15, 0.2) is 24.3 Å². The Labute approximate surface area is 139 Å². The number of carboxylic acids is 1. The van der Waals surface area contributed by atoms with Crippen molar-refractivity contribution in [2.45, 2.75) is 37.6 Å². The van der Waals surface area contributed by atoms with E-state index in [1.165, 1.54) is 12.2 Å². The van der Waals surface area contributed by atoms with Crippen LogP contribution in [0.3, 0.4) is 0 Å². The summed E-state index contributed by atoms with van der Waals surface area (Å²) < 4.78 is 0. The van der Waals surface area contributed by atoms with Crippen LogP contribution in [-0.2, 0) is 9.59 Å². The van der Waals surface area contributed by atoms with Crippen molar-refractivity contribution in [2.75, 3.05) is 0 Å². The van der Waals surface area contributed by atoms with Gasteiger partial charge >= 0.3 is 5.97 Å². The van der Waals surface area contributed by atoms with Gasteiger partial charge in [0.2, 0.25) is 5.91 Å². The summed E-state index contributed by atoms with van der Waals surface area (Å²) in [4.78, 5) is 23.6. The fourth-order valence-electron chi connectivity index (χ4n) is 2.64. The van der Waals surface area contributed by atoms with Crippen molar-refractivity contribution in [1.29, 1.82) is 0 Å². The second kappa shape index (κ2) is 7.16. The Morgan fingerprint density at radius 3 is 2.50 bits per heavy atom. The third kappa shape index (κ3) is 3.81. The molecule has 0 bridgehead atoms. The highest BCUT2D eigenvalue weighted by atomic mass is 35.5. The SMILES string of the molecule is O=C(C=Cc1cccc(Cl)c1Cl)NC1(C(=O)O)CCCCC1. The van der Waals surface area contributed by atoms with Crippen LogP contribution in [0.4, 0.5) is 0 Å². The molecule has 0 heterocycles.